The van der Waals surface area contributed by atoms with Crippen LogP contribution in [0, 0.1) is 0 Å². The summed E-state index contributed by atoms with van der Waals surface area (Å²) in [6, 6.07) is 0. The fourth-order valence-corrected chi connectivity index (χ4v) is 1.81. The van der Waals surface area contributed by atoms with E-state index in [4.69, 9.17) is 23.7 Å². The van der Waals surface area contributed by atoms with Crippen molar-refractivity contribution in [2.75, 3.05) is 13.2 Å². The fourth-order valence-electron chi connectivity index (χ4n) is 1.81. The zero-order valence-corrected chi connectivity index (χ0v) is 12.7. The van der Waals surface area contributed by atoms with Crippen LogP contribution in [0.25, 0.3) is 0 Å². The number of carbonyl (C=O) groups excluding carboxylic acids is 4. The second-order valence-electron chi connectivity index (χ2n) is 5.44. The summed E-state index contributed by atoms with van der Waals surface area (Å²) in [4.78, 5) is 45.0. The molecular weight excluding hydrogens is 316 g/mol. The van der Waals surface area contributed by atoms with E-state index in [9.17, 15) is 19.2 Å². The van der Waals surface area contributed by atoms with E-state index in [1.165, 1.54) is 20.8 Å². The Morgan fingerprint density at radius 3 is 2.43 bits per heavy atom. The summed E-state index contributed by atoms with van der Waals surface area (Å²) in [6.07, 6.45) is -5.79. The maximum atomic E-state index is 11.6. The molecular formula is C13H16O10. The first-order valence-electron chi connectivity index (χ1n) is 6.76. The smallest absolute Gasteiger partial charge is 0.430 e. The lowest BCUT2D eigenvalue weighted by Gasteiger charge is -2.22. The Kier molecular flexibility index (Phi) is 4.62. The molecule has 0 saturated carbocycles. The second kappa shape index (κ2) is 6.31. The first kappa shape index (κ1) is 16.8. The molecule has 128 valence electrons. The molecule has 23 heavy (non-hydrogen) atoms. The fraction of sp³-hybridized carbons (Fsp3) is 0.692. The number of hydrogen-bond donors (Lipinski definition) is 0. The van der Waals surface area contributed by atoms with E-state index in [1.54, 1.807) is 0 Å². The minimum atomic E-state index is -1.34. The lowest BCUT2D eigenvalue weighted by molar-refractivity contribution is -0.135. The highest BCUT2D eigenvalue weighted by Gasteiger charge is 2.47. The highest BCUT2D eigenvalue weighted by molar-refractivity contribution is 5.85. The van der Waals surface area contributed by atoms with Crippen LogP contribution in [0.2, 0.25) is 0 Å². The van der Waals surface area contributed by atoms with Crippen molar-refractivity contribution in [3.8, 4) is 0 Å². The Labute approximate surface area is 130 Å². The van der Waals surface area contributed by atoms with Crippen LogP contribution in [0.5, 0.6) is 0 Å². The molecule has 10 heteroatoms. The van der Waals surface area contributed by atoms with Crippen LogP contribution in [0.4, 0.5) is 14.4 Å². The largest absolute Gasteiger partial charge is 0.509 e. The summed E-state index contributed by atoms with van der Waals surface area (Å²) in [6.45, 7) is 3.58. The van der Waals surface area contributed by atoms with Crippen molar-refractivity contribution in [1.29, 1.82) is 0 Å². The van der Waals surface area contributed by atoms with Crippen molar-refractivity contribution in [3.63, 3.8) is 0 Å². The Balaban J connectivity index is 1.88. The molecule has 0 bridgehead atoms. The van der Waals surface area contributed by atoms with Gasteiger partial charge in [-0.1, -0.05) is 0 Å². The molecule has 2 fully saturated rings. The second-order valence-corrected chi connectivity index (χ2v) is 5.44. The highest BCUT2D eigenvalue weighted by atomic mass is 16.8. The standard InChI is InChI=1S/C13H16O10/c1-6(14)13(2,3)23-11(16)19-5-8-9(22-12(17)21-8)7-4-18-10(15)20-7/h7-9H,4-5H2,1-3H3/t7-,8+,9+/m1/s1. The van der Waals surface area contributed by atoms with Gasteiger partial charge in [0.1, 0.15) is 13.2 Å². The lowest BCUT2D eigenvalue weighted by atomic mass is 10.1. The number of cyclic esters (lactones) is 4. The SMILES string of the molecule is CC(=O)C(C)(C)OC(=O)OC[C@@H]1OC(=O)O[C@H]1[C@H]1COC(=O)O1. The molecule has 0 aromatic rings. The highest BCUT2D eigenvalue weighted by Crippen LogP contribution is 2.24. The summed E-state index contributed by atoms with van der Waals surface area (Å²) in [7, 11) is 0. The quantitative estimate of drug-likeness (QED) is 0.530. The van der Waals surface area contributed by atoms with Gasteiger partial charge in [0.05, 0.1) is 0 Å². The third kappa shape index (κ3) is 4.02. The molecule has 2 aliphatic rings. The van der Waals surface area contributed by atoms with Crippen LogP contribution >= 0.6 is 0 Å². The van der Waals surface area contributed by atoms with E-state index in [0.717, 1.165) is 0 Å². The van der Waals surface area contributed by atoms with Gasteiger partial charge in [0.25, 0.3) is 0 Å². The predicted molar refractivity (Wildman–Crippen MR) is 68.6 cm³/mol. The first-order chi connectivity index (χ1) is 10.7. The van der Waals surface area contributed by atoms with Gasteiger partial charge >= 0.3 is 18.5 Å². The summed E-state index contributed by atoms with van der Waals surface area (Å²) < 4.78 is 28.8. The van der Waals surface area contributed by atoms with Gasteiger partial charge in [-0.3, -0.25) is 4.79 Å². The van der Waals surface area contributed by atoms with Crippen molar-refractivity contribution in [1.82, 2.24) is 0 Å². The predicted octanol–water partition coefficient (Wildman–Crippen LogP) is 0.947. The molecule has 0 aromatic heterocycles. The molecule has 0 aromatic carbocycles. The zero-order valence-electron chi connectivity index (χ0n) is 12.7. The Morgan fingerprint density at radius 1 is 1.17 bits per heavy atom. The normalized spacial score (nSPS) is 26.7. The van der Waals surface area contributed by atoms with Gasteiger partial charge < -0.3 is 28.4 Å². The number of ether oxygens (including phenoxy) is 6. The summed E-state index contributed by atoms with van der Waals surface area (Å²) in [5.41, 5.74) is -1.34. The van der Waals surface area contributed by atoms with E-state index in [0.29, 0.717) is 0 Å². The van der Waals surface area contributed by atoms with Gasteiger partial charge in [0, 0.05) is 0 Å². The van der Waals surface area contributed by atoms with Crippen LogP contribution in [0.3, 0.4) is 0 Å². The van der Waals surface area contributed by atoms with E-state index in [-0.39, 0.29) is 12.4 Å². The molecule has 0 unspecified atom stereocenters. The number of Topliss-reactive ketones (excluding diaryl/α,β-unsaturated/α-hetero) is 1. The van der Waals surface area contributed by atoms with Crippen molar-refractivity contribution < 1.29 is 47.6 Å². The molecule has 2 aliphatic heterocycles. The van der Waals surface area contributed by atoms with E-state index >= 15 is 0 Å². The van der Waals surface area contributed by atoms with Crippen LogP contribution < -0.4 is 0 Å². The van der Waals surface area contributed by atoms with Gasteiger partial charge in [-0.15, -0.1) is 0 Å². The molecule has 0 aliphatic carbocycles. The van der Waals surface area contributed by atoms with Crippen LogP contribution in [0.1, 0.15) is 20.8 Å². The molecule has 0 spiro atoms. The lowest BCUT2D eigenvalue weighted by Crippen LogP contribution is -2.41. The zero-order chi connectivity index (χ0) is 17.2. The number of rotatable bonds is 5. The van der Waals surface area contributed by atoms with E-state index in [2.05, 4.69) is 4.74 Å². The molecule has 2 heterocycles. The molecule has 2 saturated heterocycles. The summed E-state index contributed by atoms with van der Waals surface area (Å²) in [5, 5.41) is 0. The van der Waals surface area contributed by atoms with Gasteiger partial charge in [-0.25, -0.2) is 14.4 Å². The third-order valence-corrected chi connectivity index (χ3v) is 3.38. The van der Waals surface area contributed by atoms with Crippen molar-refractivity contribution in [2.45, 2.75) is 44.7 Å². The maximum Gasteiger partial charge on any atom is 0.509 e. The first-order valence-corrected chi connectivity index (χ1v) is 6.76. The Hall–Kier alpha value is -2.52. The summed E-state index contributed by atoms with van der Waals surface area (Å²) in [5.74, 6) is -0.363. The van der Waals surface area contributed by atoms with Gasteiger partial charge in [-0.2, -0.15) is 0 Å². The topological polar surface area (TPSA) is 124 Å². The monoisotopic (exact) mass is 332 g/mol. The third-order valence-electron chi connectivity index (χ3n) is 3.38. The van der Waals surface area contributed by atoms with E-state index in [1.807, 2.05) is 0 Å². The van der Waals surface area contributed by atoms with E-state index < -0.39 is 49.0 Å². The van der Waals surface area contributed by atoms with Gasteiger partial charge in [0.15, 0.2) is 29.7 Å². The maximum absolute atomic E-state index is 11.6. The molecule has 3 atom stereocenters. The van der Waals surface area contributed by atoms with Crippen LogP contribution in [-0.2, 0) is 33.2 Å². The number of ketones is 1. The average Bonchev–Trinajstić information content (AvgIpc) is 3.01. The Bertz CT molecular complexity index is 525. The van der Waals surface area contributed by atoms with Crippen LogP contribution in [0.15, 0.2) is 0 Å². The van der Waals surface area contributed by atoms with Gasteiger partial charge in [0.2, 0.25) is 0 Å². The number of carbonyl (C=O) groups is 4. The Morgan fingerprint density at radius 2 is 1.87 bits per heavy atom. The number of hydrogen-bond acceptors (Lipinski definition) is 10. The van der Waals surface area contributed by atoms with Crippen molar-refractivity contribution >= 4 is 24.2 Å². The molecule has 10 nitrogen and oxygen atoms in total. The minimum absolute atomic E-state index is 0.113. The average molecular weight is 332 g/mol. The molecule has 2 rings (SSSR count). The van der Waals surface area contributed by atoms with Crippen molar-refractivity contribution in [3.05, 3.63) is 0 Å². The minimum Gasteiger partial charge on any atom is -0.430 e. The van der Waals surface area contributed by atoms with Crippen LogP contribution in [-0.4, -0.2) is 61.4 Å². The summed E-state index contributed by atoms with van der Waals surface area (Å²) >= 11 is 0. The molecule has 0 N–H and O–H groups in total. The van der Waals surface area contributed by atoms with Crippen molar-refractivity contribution in [2.24, 2.45) is 0 Å². The van der Waals surface area contributed by atoms with Gasteiger partial charge in [-0.05, 0) is 20.8 Å². The molecule has 0 amide bonds. The molecule has 0 radical (unpaired) electrons.